The number of nitrogens with zero attached hydrogens (tertiary/aromatic N) is 1. The summed E-state index contributed by atoms with van der Waals surface area (Å²) in [6.07, 6.45) is 1.30. The maximum Gasteiger partial charge on any atom is 0.323 e. The van der Waals surface area contributed by atoms with Gasteiger partial charge in [0.25, 0.3) is 5.06 Å². The van der Waals surface area contributed by atoms with Gasteiger partial charge in [0.05, 0.1) is 11.0 Å². The highest BCUT2D eigenvalue weighted by atomic mass is 32.1. The van der Waals surface area contributed by atoms with Crippen molar-refractivity contribution >= 4 is 17.0 Å². The third-order valence-corrected chi connectivity index (χ3v) is 4.15. The average Bonchev–Trinajstić information content (AvgIpc) is 2.86. The van der Waals surface area contributed by atoms with Crippen LogP contribution in [-0.4, -0.2) is 10.0 Å². The third kappa shape index (κ3) is 3.80. The molecule has 1 atom stereocenters. The molecular weight excluding hydrogens is 290 g/mol. The van der Waals surface area contributed by atoms with E-state index in [0.717, 1.165) is 24.2 Å². The predicted molar refractivity (Wildman–Crippen MR) is 82.1 cm³/mol. The summed E-state index contributed by atoms with van der Waals surface area (Å²) < 4.78 is 5.60. The maximum absolute atomic E-state index is 11.0. The highest BCUT2D eigenvalue weighted by Crippen LogP contribution is 2.41. The molecule has 0 fully saturated rings. The number of benzene rings is 1. The van der Waals surface area contributed by atoms with E-state index in [1.54, 1.807) is 19.1 Å². The van der Waals surface area contributed by atoms with Crippen LogP contribution in [0.3, 0.4) is 0 Å². The van der Waals surface area contributed by atoms with E-state index in [4.69, 9.17) is 4.74 Å². The Labute approximate surface area is 127 Å². The van der Waals surface area contributed by atoms with Crippen LogP contribution in [0.4, 0.5) is 5.69 Å². The van der Waals surface area contributed by atoms with Crippen molar-refractivity contribution in [3.05, 3.63) is 50.9 Å². The van der Waals surface area contributed by atoms with Crippen LogP contribution >= 0.6 is 11.3 Å². The molecule has 0 saturated heterocycles. The number of thiophene rings is 1. The smallest absolute Gasteiger partial charge is 0.323 e. The van der Waals surface area contributed by atoms with E-state index in [0.29, 0.717) is 10.6 Å². The minimum atomic E-state index is -0.752. The molecular formula is C15H17NO4S. The lowest BCUT2D eigenvalue weighted by Gasteiger charge is -2.04. The Morgan fingerprint density at radius 2 is 2.05 bits per heavy atom. The van der Waals surface area contributed by atoms with Crippen LogP contribution in [0, 0.1) is 10.1 Å². The highest BCUT2D eigenvalue weighted by molar-refractivity contribution is 7.14. The molecule has 0 saturated carbocycles. The fourth-order valence-corrected chi connectivity index (χ4v) is 2.84. The second-order valence-corrected chi connectivity index (χ2v) is 5.80. The van der Waals surface area contributed by atoms with Gasteiger partial charge in [-0.25, -0.2) is 0 Å². The van der Waals surface area contributed by atoms with E-state index in [9.17, 15) is 15.2 Å². The van der Waals surface area contributed by atoms with Crippen molar-refractivity contribution in [3.8, 4) is 10.8 Å². The fourth-order valence-electron chi connectivity index (χ4n) is 1.91. The lowest BCUT2D eigenvalue weighted by molar-refractivity contribution is -0.385. The predicted octanol–water partition coefficient (Wildman–Crippen LogP) is 4.45. The number of aliphatic hydroxyl groups is 1. The summed E-state index contributed by atoms with van der Waals surface area (Å²) in [5.74, 6) is 0.553. The Hall–Kier alpha value is -1.92. The van der Waals surface area contributed by atoms with Gasteiger partial charge in [-0.1, -0.05) is 36.8 Å². The Bertz CT molecular complexity index is 619. The van der Waals surface area contributed by atoms with Crippen LogP contribution in [-0.2, 0) is 6.42 Å². The summed E-state index contributed by atoms with van der Waals surface area (Å²) in [5, 5.41) is 20.8. The molecule has 2 rings (SSSR count). The van der Waals surface area contributed by atoms with Gasteiger partial charge in [-0.3, -0.25) is 10.1 Å². The molecule has 5 nitrogen and oxygen atoms in total. The van der Waals surface area contributed by atoms with Gasteiger partial charge < -0.3 is 9.84 Å². The Morgan fingerprint density at radius 1 is 1.38 bits per heavy atom. The number of nitro groups is 1. The lowest BCUT2D eigenvalue weighted by atomic mass is 10.1. The van der Waals surface area contributed by atoms with Crippen LogP contribution in [0.15, 0.2) is 30.3 Å². The zero-order chi connectivity index (χ0) is 15.4. The summed E-state index contributed by atoms with van der Waals surface area (Å²) in [5.41, 5.74) is 1.09. The Kier molecular flexibility index (Phi) is 4.93. The summed E-state index contributed by atoms with van der Waals surface area (Å²) in [4.78, 5) is 11.1. The number of ether oxygens (including phenoxy) is 1. The molecule has 2 aromatic rings. The van der Waals surface area contributed by atoms with Crippen LogP contribution in [0.1, 0.15) is 36.8 Å². The van der Waals surface area contributed by atoms with E-state index in [1.807, 2.05) is 12.1 Å². The van der Waals surface area contributed by atoms with E-state index < -0.39 is 11.0 Å². The largest absolute Gasteiger partial charge is 0.440 e. The number of aliphatic hydroxyl groups excluding tert-OH is 1. The zero-order valence-electron chi connectivity index (χ0n) is 11.9. The van der Waals surface area contributed by atoms with Gasteiger partial charge in [-0.2, -0.15) is 0 Å². The minimum Gasteiger partial charge on any atom is -0.440 e. The number of hydrogen-bond acceptors (Lipinski definition) is 5. The molecule has 0 radical (unpaired) electrons. The average molecular weight is 307 g/mol. The van der Waals surface area contributed by atoms with E-state index in [-0.39, 0.29) is 10.8 Å². The molecule has 21 heavy (non-hydrogen) atoms. The SMILES string of the molecule is CCCc1ccc(Oc2sc([C@H](C)O)cc2[N+](=O)[O-])cc1. The summed E-state index contributed by atoms with van der Waals surface area (Å²) in [6.45, 7) is 3.68. The molecule has 6 heteroatoms. The Morgan fingerprint density at radius 3 is 2.57 bits per heavy atom. The van der Waals surface area contributed by atoms with Gasteiger partial charge in [0.15, 0.2) is 0 Å². The monoisotopic (exact) mass is 307 g/mol. The Balaban J connectivity index is 2.23. The molecule has 112 valence electrons. The van der Waals surface area contributed by atoms with Crippen LogP contribution in [0.2, 0.25) is 0 Å². The molecule has 0 unspecified atom stereocenters. The standard InChI is InChI=1S/C15H17NO4S/c1-3-4-11-5-7-12(8-6-11)20-15-13(16(18)19)9-14(21-15)10(2)17/h5-10,17H,3-4H2,1-2H3/t10-/m0/s1. The summed E-state index contributed by atoms with van der Waals surface area (Å²) in [7, 11) is 0. The molecule has 0 aliphatic carbocycles. The van der Waals surface area contributed by atoms with Crippen molar-refractivity contribution in [1.29, 1.82) is 0 Å². The van der Waals surface area contributed by atoms with E-state index in [1.165, 1.54) is 11.6 Å². The number of rotatable bonds is 6. The lowest BCUT2D eigenvalue weighted by Crippen LogP contribution is -1.90. The van der Waals surface area contributed by atoms with Gasteiger partial charge in [-0.05, 0) is 31.0 Å². The molecule has 1 heterocycles. The first-order chi connectivity index (χ1) is 10.0. The van der Waals surface area contributed by atoms with Crippen LogP contribution < -0.4 is 4.74 Å². The van der Waals surface area contributed by atoms with Crippen molar-refractivity contribution in [2.45, 2.75) is 32.8 Å². The molecule has 0 bridgehead atoms. The van der Waals surface area contributed by atoms with Gasteiger partial charge in [-0.15, -0.1) is 0 Å². The van der Waals surface area contributed by atoms with Crippen molar-refractivity contribution in [2.75, 3.05) is 0 Å². The van der Waals surface area contributed by atoms with E-state index >= 15 is 0 Å². The van der Waals surface area contributed by atoms with Crippen LogP contribution in [0.25, 0.3) is 0 Å². The molecule has 0 amide bonds. The molecule has 1 N–H and O–H groups in total. The fraction of sp³-hybridized carbons (Fsp3) is 0.333. The number of hydrogen-bond donors (Lipinski definition) is 1. The van der Waals surface area contributed by atoms with Gasteiger partial charge >= 0.3 is 5.69 Å². The topological polar surface area (TPSA) is 72.6 Å². The van der Waals surface area contributed by atoms with Crippen LogP contribution in [0.5, 0.6) is 10.8 Å². The van der Waals surface area contributed by atoms with Gasteiger partial charge in [0.1, 0.15) is 5.75 Å². The summed E-state index contributed by atoms with van der Waals surface area (Å²) >= 11 is 1.09. The molecule has 0 aliphatic rings. The molecule has 0 spiro atoms. The quantitative estimate of drug-likeness (QED) is 0.632. The number of aryl methyl sites for hydroxylation is 1. The highest BCUT2D eigenvalue weighted by Gasteiger charge is 2.23. The maximum atomic E-state index is 11.0. The minimum absolute atomic E-state index is 0.117. The summed E-state index contributed by atoms with van der Waals surface area (Å²) in [6, 6.07) is 8.87. The second-order valence-electron chi connectivity index (χ2n) is 4.75. The third-order valence-electron chi connectivity index (χ3n) is 2.98. The van der Waals surface area contributed by atoms with Crippen molar-refractivity contribution in [3.63, 3.8) is 0 Å². The van der Waals surface area contributed by atoms with Crippen molar-refractivity contribution < 1.29 is 14.8 Å². The van der Waals surface area contributed by atoms with E-state index in [2.05, 4.69) is 6.92 Å². The molecule has 1 aromatic carbocycles. The first-order valence-corrected chi connectivity index (χ1v) is 7.56. The molecule has 1 aromatic heterocycles. The second kappa shape index (κ2) is 6.69. The molecule has 0 aliphatic heterocycles. The van der Waals surface area contributed by atoms with Crippen molar-refractivity contribution in [2.24, 2.45) is 0 Å². The van der Waals surface area contributed by atoms with Gasteiger partial charge in [0.2, 0.25) is 0 Å². The van der Waals surface area contributed by atoms with Gasteiger partial charge in [0, 0.05) is 10.9 Å². The van der Waals surface area contributed by atoms with Crippen molar-refractivity contribution in [1.82, 2.24) is 0 Å². The first kappa shape index (κ1) is 15.5. The first-order valence-electron chi connectivity index (χ1n) is 6.74. The zero-order valence-corrected chi connectivity index (χ0v) is 12.7. The normalized spacial score (nSPS) is 12.1.